The summed E-state index contributed by atoms with van der Waals surface area (Å²) in [6.45, 7) is -3.30. The lowest BCUT2D eigenvalue weighted by Crippen LogP contribution is -2.27. The fourth-order valence-electron chi connectivity index (χ4n) is 1.70. The van der Waals surface area contributed by atoms with Crippen molar-refractivity contribution in [3.05, 3.63) is 58.8 Å². The predicted molar refractivity (Wildman–Crippen MR) is 72.4 cm³/mol. The van der Waals surface area contributed by atoms with Crippen molar-refractivity contribution in [2.24, 2.45) is 0 Å². The lowest BCUT2D eigenvalue weighted by molar-refractivity contribution is -0.116. The Balaban J connectivity index is 2.00. The van der Waals surface area contributed by atoms with Gasteiger partial charge in [-0.05, 0) is 30.3 Å². The van der Waals surface area contributed by atoms with Gasteiger partial charge in [-0.1, -0.05) is 0 Å². The summed E-state index contributed by atoms with van der Waals surface area (Å²) in [4.78, 5) is 23.2. The van der Waals surface area contributed by atoms with Gasteiger partial charge in [0, 0.05) is 18.0 Å². The fraction of sp³-hybridized carbons (Fsp3) is 0.143. The van der Waals surface area contributed by atoms with Crippen LogP contribution < -0.4 is 15.6 Å². The molecule has 0 aliphatic heterocycles. The van der Waals surface area contributed by atoms with Crippen LogP contribution in [0.3, 0.4) is 0 Å². The number of aromatic nitrogens is 1. The highest BCUT2D eigenvalue weighted by atomic mass is 19.3. The smallest absolute Gasteiger partial charge is 0.387 e. The van der Waals surface area contributed by atoms with E-state index in [9.17, 15) is 22.8 Å². The zero-order chi connectivity index (χ0) is 16.1. The molecule has 1 N–H and O–H groups in total. The molecule has 0 aliphatic carbocycles. The van der Waals surface area contributed by atoms with Crippen molar-refractivity contribution in [2.45, 2.75) is 13.2 Å². The van der Waals surface area contributed by atoms with Crippen molar-refractivity contribution in [3.63, 3.8) is 0 Å². The number of benzene rings is 1. The van der Waals surface area contributed by atoms with Gasteiger partial charge in [-0.25, -0.2) is 4.39 Å². The van der Waals surface area contributed by atoms with Gasteiger partial charge in [0.05, 0.1) is 0 Å². The number of hydrogen-bond donors (Lipinski definition) is 1. The summed E-state index contributed by atoms with van der Waals surface area (Å²) >= 11 is 0. The van der Waals surface area contributed by atoms with Crippen LogP contribution in [0, 0.1) is 5.82 Å². The molecular weight excluding hydrogens is 301 g/mol. The first kappa shape index (κ1) is 15.6. The Morgan fingerprint density at radius 1 is 1.18 bits per heavy atom. The molecule has 0 bridgehead atoms. The first-order valence-electron chi connectivity index (χ1n) is 6.15. The molecule has 0 saturated carbocycles. The van der Waals surface area contributed by atoms with E-state index in [0.717, 1.165) is 22.9 Å². The Morgan fingerprint density at radius 2 is 1.86 bits per heavy atom. The van der Waals surface area contributed by atoms with Crippen molar-refractivity contribution in [2.75, 3.05) is 5.32 Å². The number of pyridine rings is 1. The number of nitrogens with zero attached hydrogens (tertiary/aromatic N) is 1. The van der Waals surface area contributed by atoms with Crippen LogP contribution in [-0.4, -0.2) is 17.1 Å². The Morgan fingerprint density at radius 3 is 2.50 bits per heavy atom. The van der Waals surface area contributed by atoms with Crippen LogP contribution in [0.25, 0.3) is 0 Å². The number of ether oxygens (including phenoxy) is 1. The minimum Gasteiger partial charge on any atom is -0.435 e. The maximum atomic E-state index is 13.0. The topological polar surface area (TPSA) is 60.3 Å². The summed E-state index contributed by atoms with van der Waals surface area (Å²) in [6.07, 6.45) is 0.918. The molecule has 1 amide bonds. The van der Waals surface area contributed by atoms with Gasteiger partial charge in [0.2, 0.25) is 5.91 Å². The van der Waals surface area contributed by atoms with E-state index < -0.39 is 23.9 Å². The summed E-state index contributed by atoms with van der Waals surface area (Å²) in [7, 11) is 0. The normalized spacial score (nSPS) is 10.5. The number of rotatable bonds is 5. The number of carbonyl (C=O) groups excluding carboxylic acids is 1. The van der Waals surface area contributed by atoms with Crippen molar-refractivity contribution >= 4 is 11.6 Å². The minimum atomic E-state index is -2.93. The quantitative estimate of drug-likeness (QED) is 0.921. The van der Waals surface area contributed by atoms with Gasteiger partial charge in [-0.2, -0.15) is 8.78 Å². The lowest BCUT2D eigenvalue weighted by atomic mass is 10.3. The maximum absolute atomic E-state index is 13.0. The third-order valence-corrected chi connectivity index (χ3v) is 2.62. The summed E-state index contributed by atoms with van der Waals surface area (Å²) in [6, 6.07) is 7.26. The molecule has 0 spiro atoms. The molecule has 1 aromatic carbocycles. The summed E-state index contributed by atoms with van der Waals surface area (Å²) in [5.41, 5.74) is -0.187. The second kappa shape index (κ2) is 6.79. The molecule has 2 aromatic rings. The molecular formula is C14H11F3N2O3. The minimum absolute atomic E-state index is 0.0469. The molecule has 22 heavy (non-hydrogen) atoms. The molecule has 8 heteroatoms. The van der Waals surface area contributed by atoms with Crippen molar-refractivity contribution < 1.29 is 22.7 Å². The lowest BCUT2D eigenvalue weighted by Gasteiger charge is -2.08. The third kappa shape index (κ3) is 4.37. The van der Waals surface area contributed by atoms with E-state index in [1.807, 2.05) is 0 Å². The molecule has 116 valence electrons. The molecule has 2 rings (SSSR count). The molecule has 0 aliphatic rings. The second-order valence-corrected chi connectivity index (χ2v) is 4.26. The van der Waals surface area contributed by atoms with E-state index in [-0.39, 0.29) is 12.3 Å². The molecule has 0 fully saturated rings. The molecule has 1 heterocycles. The van der Waals surface area contributed by atoms with E-state index in [2.05, 4.69) is 10.1 Å². The second-order valence-electron chi connectivity index (χ2n) is 4.26. The van der Waals surface area contributed by atoms with Crippen molar-refractivity contribution in [3.8, 4) is 5.75 Å². The monoisotopic (exact) mass is 312 g/mol. The molecule has 0 unspecified atom stereocenters. The Bertz CT molecular complexity index is 714. The zero-order valence-electron chi connectivity index (χ0n) is 11.1. The van der Waals surface area contributed by atoms with E-state index in [1.165, 1.54) is 24.3 Å². The SMILES string of the molecule is O=C(Cn1cc(F)ccc1=O)Nc1ccc(OC(F)F)cc1. The van der Waals surface area contributed by atoms with Crippen LogP contribution in [0.2, 0.25) is 0 Å². The van der Waals surface area contributed by atoms with E-state index >= 15 is 0 Å². The van der Waals surface area contributed by atoms with Crippen LogP contribution >= 0.6 is 0 Å². The van der Waals surface area contributed by atoms with Crippen LogP contribution in [-0.2, 0) is 11.3 Å². The number of carbonyl (C=O) groups is 1. The maximum Gasteiger partial charge on any atom is 0.387 e. The van der Waals surface area contributed by atoms with Gasteiger partial charge >= 0.3 is 6.61 Å². The van der Waals surface area contributed by atoms with Crippen LogP contribution in [0.15, 0.2) is 47.4 Å². The van der Waals surface area contributed by atoms with Gasteiger partial charge < -0.3 is 14.6 Å². The first-order valence-corrected chi connectivity index (χ1v) is 6.15. The number of nitrogens with one attached hydrogen (secondary N) is 1. The first-order chi connectivity index (χ1) is 10.4. The highest BCUT2D eigenvalue weighted by Gasteiger charge is 2.07. The van der Waals surface area contributed by atoms with Crippen LogP contribution in [0.1, 0.15) is 0 Å². The van der Waals surface area contributed by atoms with Crippen molar-refractivity contribution in [1.29, 1.82) is 0 Å². The number of alkyl halides is 2. The zero-order valence-corrected chi connectivity index (χ0v) is 11.1. The molecule has 0 radical (unpaired) electrons. The molecule has 5 nitrogen and oxygen atoms in total. The number of anilines is 1. The van der Waals surface area contributed by atoms with E-state index in [0.29, 0.717) is 5.69 Å². The molecule has 0 saturated heterocycles. The molecule has 1 aromatic heterocycles. The summed E-state index contributed by atoms with van der Waals surface area (Å²) in [5, 5.41) is 2.45. The van der Waals surface area contributed by atoms with Gasteiger partial charge in [0.15, 0.2) is 0 Å². The highest BCUT2D eigenvalue weighted by Crippen LogP contribution is 2.17. The third-order valence-electron chi connectivity index (χ3n) is 2.62. The average molecular weight is 312 g/mol. The largest absolute Gasteiger partial charge is 0.435 e. The number of hydrogen-bond acceptors (Lipinski definition) is 3. The van der Waals surface area contributed by atoms with Gasteiger partial charge in [-0.3, -0.25) is 9.59 Å². The predicted octanol–water partition coefficient (Wildman–Crippen LogP) is 2.23. The summed E-state index contributed by atoms with van der Waals surface area (Å²) in [5.74, 6) is -1.24. The Hall–Kier alpha value is -2.77. The summed E-state index contributed by atoms with van der Waals surface area (Å²) < 4.78 is 42.1. The number of halogens is 3. The standard InChI is InChI=1S/C14H11F3N2O3/c15-9-1-6-13(21)19(7-9)8-12(20)18-10-2-4-11(5-3-10)22-14(16)17/h1-7,14H,8H2,(H,18,20). The van der Waals surface area contributed by atoms with E-state index in [1.54, 1.807) is 0 Å². The highest BCUT2D eigenvalue weighted by molar-refractivity contribution is 5.90. The van der Waals surface area contributed by atoms with Gasteiger partial charge in [0.25, 0.3) is 5.56 Å². The van der Waals surface area contributed by atoms with Crippen LogP contribution in [0.5, 0.6) is 5.75 Å². The van der Waals surface area contributed by atoms with Gasteiger partial charge in [0.1, 0.15) is 18.1 Å². The molecule has 0 atom stereocenters. The number of amides is 1. The van der Waals surface area contributed by atoms with Gasteiger partial charge in [-0.15, -0.1) is 0 Å². The average Bonchev–Trinajstić information content (AvgIpc) is 2.44. The fourth-order valence-corrected chi connectivity index (χ4v) is 1.70. The Kier molecular flexibility index (Phi) is 4.82. The van der Waals surface area contributed by atoms with E-state index in [4.69, 9.17) is 0 Å². The Labute approximate surface area is 122 Å². The van der Waals surface area contributed by atoms with Crippen molar-refractivity contribution in [1.82, 2.24) is 4.57 Å². The van der Waals surface area contributed by atoms with Crippen LogP contribution in [0.4, 0.5) is 18.9 Å².